The number of ether oxygens (including phenoxy) is 1. The Labute approximate surface area is 314 Å². The number of halogens is 3. The second-order valence-electron chi connectivity index (χ2n) is 14.6. The van der Waals surface area contributed by atoms with E-state index in [2.05, 4.69) is 129 Å². The van der Waals surface area contributed by atoms with Crippen LogP contribution in [0.4, 0.5) is 47.3 Å². The highest BCUT2D eigenvalue weighted by Gasteiger charge is 2.32. The third-order valence-corrected chi connectivity index (χ3v) is 10.2. The lowest BCUT2D eigenvalue weighted by Crippen LogP contribution is -2.17. The van der Waals surface area contributed by atoms with Gasteiger partial charge in [0.05, 0.1) is 11.4 Å². The van der Waals surface area contributed by atoms with E-state index in [1.807, 2.05) is 47.4 Å². The number of benzene rings is 8. The summed E-state index contributed by atoms with van der Waals surface area (Å²) in [6, 6.07) is 48.7. The Kier molecular flexibility index (Phi) is 8.93. The molecule has 8 aromatic carbocycles. The molecule has 8 aromatic rings. The average Bonchev–Trinajstić information content (AvgIpc) is 3.15. The van der Waals surface area contributed by atoms with Gasteiger partial charge in [0.25, 0.3) is 0 Å². The fourth-order valence-corrected chi connectivity index (χ4v) is 7.93. The zero-order valence-electron chi connectivity index (χ0n) is 30.9. The van der Waals surface area contributed by atoms with Crippen molar-refractivity contribution in [3.8, 4) is 5.75 Å². The molecular formula is C48H41F3N2O. The van der Waals surface area contributed by atoms with E-state index in [9.17, 15) is 13.2 Å². The van der Waals surface area contributed by atoms with Crippen LogP contribution in [0.5, 0.6) is 5.75 Å². The summed E-state index contributed by atoms with van der Waals surface area (Å²) in [5.41, 5.74) is 9.07. The Balaban J connectivity index is 1.49. The van der Waals surface area contributed by atoms with Crippen molar-refractivity contribution in [2.45, 2.75) is 52.8 Å². The summed E-state index contributed by atoms with van der Waals surface area (Å²) in [5, 5.41) is 6.79. The summed E-state index contributed by atoms with van der Waals surface area (Å²) in [6.45, 7) is 11.0. The van der Waals surface area contributed by atoms with Crippen LogP contribution in [0.2, 0.25) is 0 Å². The van der Waals surface area contributed by atoms with Crippen molar-refractivity contribution >= 4 is 66.4 Å². The summed E-state index contributed by atoms with van der Waals surface area (Å²) in [5.74, 6) is 0.110. The monoisotopic (exact) mass is 718 g/mol. The molecular weight excluding hydrogens is 678 g/mol. The van der Waals surface area contributed by atoms with Crippen molar-refractivity contribution < 1.29 is 17.9 Å². The molecule has 54 heavy (non-hydrogen) atoms. The topological polar surface area (TPSA) is 15.7 Å². The summed E-state index contributed by atoms with van der Waals surface area (Å²) >= 11 is 0. The predicted molar refractivity (Wildman–Crippen MR) is 219 cm³/mol. The van der Waals surface area contributed by atoms with Crippen molar-refractivity contribution in [2.24, 2.45) is 0 Å². The lowest BCUT2D eigenvalue weighted by molar-refractivity contribution is -0.274. The molecule has 0 atom stereocenters. The maximum Gasteiger partial charge on any atom is 0.573 e. The zero-order valence-corrected chi connectivity index (χ0v) is 30.9. The Hall–Kier alpha value is -6.01. The number of para-hydroxylation sites is 2. The van der Waals surface area contributed by atoms with E-state index in [1.54, 1.807) is 6.07 Å². The Morgan fingerprint density at radius 2 is 0.889 bits per heavy atom. The fraction of sp³-hybridized carbons (Fsp3) is 0.167. The van der Waals surface area contributed by atoms with E-state index in [1.165, 1.54) is 34.0 Å². The molecule has 0 aliphatic heterocycles. The molecule has 0 aromatic heterocycles. The molecule has 8 rings (SSSR count). The lowest BCUT2D eigenvalue weighted by atomic mass is 9.84. The van der Waals surface area contributed by atoms with E-state index in [0.29, 0.717) is 5.69 Å². The maximum atomic E-state index is 13.5. The van der Waals surface area contributed by atoms with Gasteiger partial charge in [-0.15, -0.1) is 13.2 Å². The minimum Gasteiger partial charge on any atom is -0.406 e. The van der Waals surface area contributed by atoms with Gasteiger partial charge < -0.3 is 14.5 Å². The molecule has 0 radical (unpaired) electrons. The van der Waals surface area contributed by atoms with Gasteiger partial charge in [0.1, 0.15) is 5.75 Å². The molecule has 0 saturated carbocycles. The second kappa shape index (κ2) is 13.8. The summed E-state index contributed by atoms with van der Waals surface area (Å²) in [6.07, 6.45) is -4.81. The average molecular weight is 719 g/mol. The maximum absolute atomic E-state index is 13.5. The molecule has 0 aliphatic carbocycles. The normalized spacial score (nSPS) is 12.0. The summed E-state index contributed by atoms with van der Waals surface area (Å²) in [7, 11) is 0. The predicted octanol–water partition coefficient (Wildman–Crippen LogP) is 15.0. The second-order valence-corrected chi connectivity index (χ2v) is 14.6. The molecule has 0 N–H and O–H groups in total. The third kappa shape index (κ3) is 6.36. The Bertz CT molecular complexity index is 2600. The first-order chi connectivity index (χ1) is 26.0. The molecule has 0 saturated heterocycles. The highest BCUT2D eigenvalue weighted by atomic mass is 19.4. The minimum atomic E-state index is -4.81. The molecule has 3 nitrogen and oxygen atoms in total. The number of anilines is 6. The van der Waals surface area contributed by atoms with Crippen molar-refractivity contribution in [1.29, 1.82) is 0 Å². The van der Waals surface area contributed by atoms with Crippen LogP contribution in [-0.2, 0) is 0 Å². The molecule has 0 unspecified atom stereocenters. The SMILES string of the molecule is Cc1cccc(N(c2ccccc2)c2cc(C(C)C)c3ccc4c(N(c5ccccc5)c5cccc(OC(F)(F)F)c5)cc(C(C)C)c5ccc2c3c54)c1. The minimum absolute atomic E-state index is 0.156. The van der Waals surface area contributed by atoms with Crippen LogP contribution >= 0.6 is 0 Å². The van der Waals surface area contributed by atoms with Gasteiger partial charge >= 0.3 is 6.36 Å². The van der Waals surface area contributed by atoms with Gasteiger partial charge in [0, 0.05) is 39.6 Å². The molecule has 0 bridgehead atoms. The van der Waals surface area contributed by atoms with Crippen molar-refractivity contribution in [2.75, 3.05) is 9.80 Å². The van der Waals surface area contributed by atoms with E-state index < -0.39 is 6.36 Å². The summed E-state index contributed by atoms with van der Waals surface area (Å²) in [4.78, 5) is 4.41. The van der Waals surface area contributed by atoms with Gasteiger partial charge in [-0.25, -0.2) is 0 Å². The van der Waals surface area contributed by atoms with E-state index in [0.717, 1.165) is 55.5 Å². The van der Waals surface area contributed by atoms with Crippen LogP contribution in [0.15, 0.2) is 146 Å². The van der Waals surface area contributed by atoms with Crippen molar-refractivity contribution in [3.63, 3.8) is 0 Å². The van der Waals surface area contributed by atoms with Crippen LogP contribution in [0.1, 0.15) is 56.2 Å². The standard InChI is InChI=1S/C48H41F3N2O/c1-30(2)42-28-44(52(33-15-8-6-9-16-33)35-19-12-14-32(5)26-35)40-24-22-39-43(31(3)4)29-45(41-25-23-38(42)46(40)47(39)41)53(34-17-10-7-11-18-34)36-20-13-21-37(27-36)54-48(49,50)51/h6-31H,1-5H3. The molecule has 0 fully saturated rings. The largest absolute Gasteiger partial charge is 0.573 e. The fourth-order valence-electron chi connectivity index (χ4n) is 7.93. The molecule has 0 heterocycles. The first kappa shape index (κ1) is 35.0. The zero-order chi connectivity index (χ0) is 37.7. The Morgan fingerprint density at radius 3 is 1.33 bits per heavy atom. The van der Waals surface area contributed by atoms with E-state index in [-0.39, 0.29) is 17.6 Å². The first-order valence-electron chi connectivity index (χ1n) is 18.4. The number of hydrogen-bond acceptors (Lipinski definition) is 3. The molecule has 0 aliphatic rings. The van der Waals surface area contributed by atoms with Gasteiger partial charge in [-0.1, -0.05) is 107 Å². The van der Waals surface area contributed by atoms with Crippen LogP contribution < -0.4 is 14.5 Å². The van der Waals surface area contributed by atoms with Crippen LogP contribution in [0.25, 0.3) is 32.3 Å². The van der Waals surface area contributed by atoms with Crippen LogP contribution in [-0.4, -0.2) is 6.36 Å². The van der Waals surface area contributed by atoms with Gasteiger partial charge in [-0.2, -0.15) is 0 Å². The third-order valence-electron chi connectivity index (χ3n) is 10.2. The van der Waals surface area contributed by atoms with Crippen molar-refractivity contribution in [3.05, 3.63) is 162 Å². The van der Waals surface area contributed by atoms with E-state index >= 15 is 0 Å². The van der Waals surface area contributed by atoms with Gasteiger partial charge in [-0.3, -0.25) is 0 Å². The quantitative estimate of drug-likeness (QED) is 0.138. The number of hydrogen-bond donors (Lipinski definition) is 0. The lowest BCUT2D eigenvalue weighted by Gasteiger charge is -2.31. The van der Waals surface area contributed by atoms with E-state index in [4.69, 9.17) is 0 Å². The molecule has 6 heteroatoms. The molecule has 0 amide bonds. The Morgan fingerprint density at radius 1 is 0.463 bits per heavy atom. The number of aryl methyl sites for hydroxylation is 1. The number of nitrogens with zero attached hydrogens (tertiary/aromatic N) is 2. The summed E-state index contributed by atoms with van der Waals surface area (Å²) < 4.78 is 44.9. The van der Waals surface area contributed by atoms with Gasteiger partial charge in [0.15, 0.2) is 0 Å². The number of alkyl halides is 3. The van der Waals surface area contributed by atoms with Crippen molar-refractivity contribution in [1.82, 2.24) is 0 Å². The highest BCUT2D eigenvalue weighted by molar-refractivity contribution is 6.29. The highest BCUT2D eigenvalue weighted by Crippen LogP contribution is 2.51. The molecule has 0 spiro atoms. The molecule has 270 valence electrons. The van der Waals surface area contributed by atoms with Gasteiger partial charge in [-0.05, 0) is 118 Å². The van der Waals surface area contributed by atoms with Crippen LogP contribution in [0.3, 0.4) is 0 Å². The first-order valence-corrected chi connectivity index (χ1v) is 18.4. The number of rotatable bonds is 9. The van der Waals surface area contributed by atoms with Crippen LogP contribution in [0, 0.1) is 6.92 Å². The van der Waals surface area contributed by atoms with Gasteiger partial charge in [0.2, 0.25) is 0 Å². The smallest absolute Gasteiger partial charge is 0.406 e.